The van der Waals surface area contributed by atoms with Crippen LogP contribution in [-0.2, 0) is 28.6 Å². The molecule has 82 heavy (non-hydrogen) atoms. The van der Waals surface area contributed by atoms with E-state index in [9.17, 15) is 14.4 Å². The van der Waals surface area contributed by atoms with E-state index < -0.39 is 6.10 Å². The topological polar surface area (TPSA) is 78.9 Å². The largest absolute Gasteiger partial charge is 0.462 e. The molecule has 0 aliphatic rings. The van der Waals surface area contributed by atoms with Crippen molar-refractivity contribution in [1.29, 1.82) is 0 Å². The first kappa shape index (κ1) is 77.8. The third-order valence-corrected chi connectivity index (χ3v) is 14.7. The molecule has 0 fully saturated rings. The highest BCUT2D eigenvalue weighted by Crippen LogP contribution is 2.17. The summed E-state index contributed by atoms with van der Waals surface area (Å²) in [5, 5.41) is 0. The lowest BCUT2D eigenvalue weighted by Gasteiger charge is -2.18. The van der Waals surface area contributed by atoms with E-state index in [1.165, 1.54) is 173 Å². The normalized spacial score (nSPS) is 12.9. The van der Waals surface area contributed by atoms with E-state index in [0.717, 1.165) is 103 Å². The Bertz CT molecular complexity index is 1690. The Kier molecular flexibility index (Phi) is 65.8. The van der Waals surface area contributed by atoms with Gasteiger partial charge >= 0.3 is 17.9 Å². The van der Waals surface area contributed by atoms with E-state index in [1.807, 2.05) is 0 Å². The zero-order chi connectivity index (χ0) is 59.2. The van der Waals surface area contributed by atoms with Crippen molar-refractivity contribution in [2.24, 2.45) is 0 Å². The van der Waals surface area contributed by atoms with Gasteiger partial charge in [-0.1, -0.05) is 316 Å². The summed E-state index contributed by atoms with van der Waals surface area (Å²) in [7, 11) is 0. The zero-order valence-corrected chi connectivity index (χ0v) is 53.7. The first-order chi connectivity index (χ1) is 40.5. The summed E-state index contributed by atoms with van der Waals surface area (Å²) < 4.78 is 16.9. The molecule has 0 heterocycles. The molecule has 0 saturated carbocycles. The van der Waals surface area contributed by atoms with Crippen LogP contribution in [0.3, 0.4) is 0 Å². The maximum atomic E-state index is 12.9. The molecule has 0 aliphatic heterocycles. The Morgan fingerprint density at radius 2 is 0.488 bits per heavy atom. The van der Waals surface area contributed by atoms with Crippen molar-refractivity contribution in [3.8, 4) is 0 Å². The number of carbonyl (C=O) groups is 3. The molecule has 1 atom stereocenters. The van der Waals surface area contributed by atoms with Crippen molar-refractivity contribution in [2.45, 2.75) is 329 Å². The molecular weight excluding hydrogens is 1010 g/mol. The van der Waals surface area contributed by atoms with Gasteiger partial charge in [-0.25, -0.2) is 0 Å². The molecule has 0 radical (unpaired) electrons. The first-order valence-electron chi connectivity index (χ1n) is 34.5. The molecule has 0 N–H and O–H groups in total. The van der Waals surface area contributed by atoms with Crippen molar-refractivity contribution >= 4 is 17.9 Å². The van der Waals surface area contributed by atoms with Gasteiger partial charge in [-0.15, -0.1) is 0 Å². The molecule has 0 spiro atoms. The Balaban J connectivity index is 4.26. The molecule has 0 rings (SSSR count). The molecule has 6 heteroatoms. The number of allylic oxidation sites excluding steroid dienone is 20. The van der Waals surface area contributed by atoms with Gasteiger partial charge in [0.2, 0.25) is 0 Å². The number of hydrogen-bond acceptors (Lipinski definition) is 6. The number of hydrogen-bond donors (Lipinski definition) is 0. The van der Waals surface area contributed by atoms with Crippen molar-refractivity contribution in [3.63, 3.8) is 0 Å². The SMILES string of the molecule is CC/C=C\C/C=C\C/C=C\C/C=C\C/C=C\C/C=C\C/C=C\CCCC(=O)OC(COC(=O)CCCCCCCCCCCC)COC(=O)CCCCCCCCCCCCCCCCCC/C=C\C/C=C\C/C=C\CCCCCCC. The van der Waals surface area contributed by atoms with Crippen LogP contribution >= 0.6 is 0 Å². The fourth-order valence-corrected chi connectivity index (χ4v) is 9.56. The highest BCUT2D eigenvalue weighted by atomic mass is 16.6. The highest BCUT2D eigenvalue weighted by molar-refractivity contribution is 5.71. The zero-order valence-electron chi connectivity index (χ0n) is 53.7. The second kappa shape index (κ2) is 69.3. The smallest absolute Gasteiger partial charge is 0.306 e. The highest BCUT2D eigenvalue weighted by Gasteiger charge is 2.19. The standard InChI is InChI=1S/C76H128O6/c1-4-7-10-13-16-19-22-24-26-28-30-32-34-35-36-37-38-39-40-41-43-44-46-48-50-52-54-57-60-63-66-69-75(78)81-72-73(71-80-74(77)68-65-62-59-56-21-18-15-12-9-6-3)82-76(79)70-67-64-61-58-55-53-51-49-47-45-42-33-31-29-27-25-23-20-17-14-11-8-5-2/h8,11,17,20,22,24-25,27-28,30-31,33-35,45,47,51,53,58,61,73H,4-7,9-10,12-16,18-19,21,23,26,29,32,36-44,46,48-50,52,54-57,59-60,62-72H2,1-3H3/b11-8-,20-17-,24-22-,27-25-,30-28-,33-31-,35-34-,47-45-,53-51-,61-58-. The molecule has 0 aromatic rings. The van der Waals surface area contributed by atoms with E-state index in [4.69, 9.17) is 14.2 Å². The minimum atomic E-state index is -0.810. The van der Waals surface area contributed by atoms with Crippen LogP contribution in [0.25, 0.3) is 0 Å². The van der Waals surface area contributed by atoms with Gasteiger partial charge in [0.1, 0.15) is 13.2 Å². The molecule has 468 valence electrons. The van der Waals surface area contributed by atoms with Crippen LogP contribution in [0.2, 0.25) is 0 Å². The van der Waals surface area contributed by atoms with E-state index >= 15 is 0 Å². The van der Waals surface area contributed by atoms with E-state index in [0.29, 0.717) is 19.3 Å². The lowest BCUT2D eigenvalue weighted by Crippen LogP contribution is -2.30. The van der Waals surface area contributed by atoms with Crippen molar-refractivity contribution in [2.75, 3.05) is 13.2 Å². The Morgan fingerprint density at radius 3 is 0.780 bits per heavy atom. The summed E-state index contributed by atoms with van der Waals surface area (Å²) in [5.41, 5.74) is 0. The summed E-state index contributed by atoms with van der Waals surface area (Å²) in [6.45, 7) is 6.48. The number of rotatable bonds is 62. The van der Waals surface area contributed by atoms with E-state index in [-0.39, 0.29) is 37.5 Å². The van der Waals surface area contributed by atoms with Gasteiger partial charge in [0.25, 0.3) is 0 Å². The van der Waals surface area contributed by atoms with Gasteiger partial charge in [0.15, 0.2) is 6.10 Å². The number of esters is 3. The molecule has 0 aromatic heterocycles. The predicted molar refractivity (Wildman–Crippen MR) is 357 cm³/mol. The van der Waals surface area contributed by atoms with Crippen LogP contribution in [0.5, 0.6) is 0 Å². The third-order valence-electron chi connectivity index (χ3n) is 14.7. The lowest BCUT2D eigenvalue weighted by atomic mass is 10.0. The van der Waals surface area contributed by atoms with Crippen LogP contribution in [0, 0.1) is 0 Å². The molecule has 6 nitrogen and oxygen atoms in total. The van der Waals surface area contributed by atoms with Crippen LogP contribution in [-0.4, -0.2) is 37.2 Å². The van der Waals surface area contributed by atoms with Crippen LogP contribution in [0.1, 0.15) is 323 Å². The van der Waals surface area contributed by atoms with Gasteiger partial charge in [-0.2, -0.15) is 0 Å². The van der Waals surface area contributed by atoms with Crippen molar-refractivity contribution in [3.05, 3.63) is 122 Å². The average molecular weight is 1140 g/mol. The lowest BCUT2D eigenvalue weighted by molar-refractivity contribution is -0.167. The van der Waals surface area contributed by atoms with Gasteiger partial charge in [-0.05, 0) is 109 Å². The fraction of sp³-hybridized carbons (Fsp3) is 0.697. The minimum absolute atomic E-state index is 0.100. The van der Waals surface area contributed by atoms with Gasteiger partial charge in [-0.3, -0.25) is 14.4 Å². The summed E-state index contributed by atoms with van der Waals surface area (Å²) in [6, 6.07) is 0. The summed E-state index contributed by atoms with van der Waals surface area (Å²) in [5.74, 6) is -0.954. The molecule has 0 aromatic carbocycles. The number of unbranched alkanes of at least 4 members (excludes halogenated alkanes) is 31. The van der Waals surface area contributed by atoms with E-state index in [1.54, 1.807) is 0 Å². The third kappa shape index (κ3) is 66.6. The molecule has 0 aliphatic carbocycles. The Morgan fingerprint density at radius 1 is 0.256 bits per heavy atom. The summed E-state index contributed by atoms with van der Waals surface area (Å²) in [4.78, 5) is 38.3. The fourth-order valence-electron chi connectivity index (χ4n) is 9.56. The van der Waals surface area contributed by atoms with Crippen LogP contribution in [0.4, 0.5) is 0 Å². The maximum Gasteiger partial charge on any atom is 0.306 e. The molecule has 1 unspecified atom stereocenters. The maximum absolute atomic E-state index is 12.9. The quantitative estimate of drug-likeness (QED) is 0.0261. The predicted octanol–water partition coefficient (Wildman–Crippen LogP) is 23.9. The number of carbonyl (C=O) groups excluding carboxylic acids is 3. The van der Waals surface area contributed by atoms with Gasteiger partial charge in [0, 0.05) is 19.3 Å². The molecule has 0 bridgehead atoms. The second-order valence-corrected chi connectivity index (χ2v) is 22.7. The van der Waals surface area contributed by atoms with Crippen molar-refractivity contribution < 1.29 is 28.6 Å². The minimum Gasteiger partial charge on any atom is -0.462 e. The summed E-state index contributed by atoms with van der Waals surface area (Å²) >= 11 is 0. The van der Waals surface area contributed by atoms with Gasteiger partial charge in [0.05, 0.1) is 0 Å². The molecular formula is C76H128O6. The van der Waals surface area contributed by atoms with E-state index in [2.05, 4.69) is 142 Å². The van der Waals surface area contributed by atoms with Crippen LogP contribution in [0.15, 0.2) is 122 Å². The molecule has 0 amide bonds. The number of ether oxygens (including phenoxy) is 3. The monoisotopic (exact) mass is 1140 g/mol. The van der Waals surface area contributed by atoms with Crippen LogP contribution < -0.4 is 0 Å². The Hall–Kier alpha value is -4.19. The van der Waals surface area contributed by atoms with Crippen molar-refractivity contribution in [1.82, 2.24) is 0 Å². The first-order valence-corrected chi connectivity index (χ1v) is 34.5. The average Bonchev–Trinajstić information content (AvgIpc) is 3.47. The Labute approximate surface area is 507 Å². The van der Waals surface area contributed by atoms with Gasteiger partial charge < -0.3 is 14.2 Å². The molecule has 0 saturated heterocycles. The summed E-state index contributed by atoms with van der Waals surface area (Å²) in [6.07, 6.45) is 96.7. The second-order valence-electron chi connectivity index (χ2n) is 22.7.